The van der Waals surface area contributed by atoms with Crippen molar-refractivity contribution < 1.29 is 0 Å². The third-order valence-electron chi connectivity index (χ3n) is 4.68. The SMILES string of the molecule is CN(CCNCc1cccc2cnccc12)C1CCCC1. The molecule has 1 N–H and O–H groups in total. The standard InChI is InChI=1S/C18H25N3/c1-21(17-7-2-3-8-17)12-11-20-14-16-6-4-5-15-13-19-10-9-18(15)16/h4-6,9-10,13,17,20H,2-3,7-8,11-12,14H2,1H3. The lowest BCUT2D eigenvalue weighted by molar-refractivity contribution is 0.245. The van der Waals surface area contributed by atoms with Gasteiger partial charge in [0.2, 0.25) is 0 Å². The van der Waals surface area contributed by atoms with Crippen molar-refractivity contribution in [1.82, 2.24) is 15.2 Å². The van der Waals surface area contributed by atoms with Gasteiger partial charge in [0.05, 0.1) is 0 Å². The number of fused-ring (bicyclic) bond motifs is 1. The molecule has 0 unspecified atom stereocenters. The molecule has 3 heteroatoms. The molecular formula is C18H25N3. The molecule has 1 aliphatic carbocycles. The first-order valence-electron chi connectivity index (χ1n) is 8.07. The van der Waals surface area contributed by atoms with Gasteiger partial charge in [-0.2, -0.15) is 0 Å². The van der Waals surface area contributed by atoms with Gasteiger partial charge in [0, 0.05) is 43.5 Å². The molecule has 2 aromatic rings. The number of aromatic nitrogens is 1. The molecule has 3 nitrogen and oxygen atoms in total. The van der Waals surface area contributed by atoms with Crippen molar-refractivity contribution in [2.75, 3.05) is 20.1 Å². The molecule has 0 aliphatic heterocycles. The van der Waals surface area contributed by atoms with Crippen LogP contribution in [0.4, 0.5) is 0 Å². The average molecular weight is 283 g/mol. The highest BCUT2D eigenvalue weighted by Gasteiger charge is 2.18. The van der Waals surface area contributed by atoms with Crippen LogP contribution in [0, 0.1) is 0 Å². The fraction of sp³-hybridized carbons (Fsp3) is 0.500. The van der Waals surface area contributed by atoms with Gasteiger partial charge in [-0.1, -0.05) is 31.0 Å². The van der Waals surface area contributed by atoms with Crippen LogP contribution in [0.25, 0.3) is 10.8 Å². The summed E-state index contributed by atoms with van der Waals surface area (Å²) < 4.78 is 0. The van der Waals surface area contributed by atoms with Gasteiger partial charge in [-0.05, 0) is 36.9 Å². The minimum absolute atomic E-state index is 0.815. The number of hydrogen-bond acceptors (Lipinski definition) is 3. The van der Waals surface area contributed by atoms with Gasteiger partial charge >= 0.3 is 0 Å². The van der Waals surface area contributed by atoms with E-state index >= 15 is 0 Å². The van der Waals surface area contributed by atoms with Crippen molar-refractivity contribution in [3.63, 3.8) is 0 Å². The van der Waals surface area contributed by atoms with Crippen molar-refractivity contribution in [3.05, 3.63) is 42.2 Å². The first kappa shape index (κ1) is 14.5. The van der Waals surface area contributed by atoms with Crippen LogP contribution in [-0.4, -0.2) is 36.1 Å². The van der Waals surface area contributed by atoms with Gasteiger partial charge in [0.1, 0.15) is 0 Å². The Kier molecular flexibility index (Phi) is 4.84. The Balaban J connectivity index is 1.50. The molecule has 0 atom stereocenters. The van der Waals surface area contributed by atoms with E-state index in [9.17, 15) is 0 Å². The zero-order chi connectivity index (χ0) is 14.5. The quantitative estimate of drug-likeness (QED) is 0.825. The number of likely N-dealkylation sites (N-methyl/N-ethyl adjacent to an activating group) is 1. The van der Waals surface area contributed by atoms with Crippen molar-refractivity contribution in [1.29, 1.82) is 0 Å². The Morgan fingerprint density at radius 1 is 1.24 bits per heavy atom. The smallest absolute Gasteiger partial charge is 0.0346 e. The van der Waals surface area contributed by atoms with E-state index in [1.54, 1.807) is 0 Å². The Labute approximate surface area is 127 Å². The van der Waals surface area contributed by atoms with Gasteiger partial charge in [0.15, 0.2) is 0 Å². The average Bonchev–Trinajstić information content (AvgIpc) is 3.06. The van der Waals surface area contributed by atoms with E-state index in [1.165, 1.54) is 42.0 Å². The van der Waals surface area contributed by atoms with Crippen molar-refractivity contribution in [2.45, 2.75) is 38.3 Å². The molecule has 0 bridgehead atoms. The maximum absolute atomic E-state index is 4.19. The summed E-state index contributed by atoms with van der Waals surface area (Å²) in [6, 6.07) is 9.37. The molecule has 0 radical (unpaired) electrons. The van der Waals surface area contributed by atoms with E-state index < -0.39 is 0 Å². The Bertz CT molecular complexity index is 570. The predicted molar refractivity (Wildman–Crippen MR) is 88.3 cm³/mol. The number of hydrogen-bond donors (Lipinski definition) is 1. The number of benzene rings is 1. The van der Waals surface area contributed by atoms with E-state index in [1.807, 2.05) is 12.4 Å². The van der Waals surface area contributed by atoms with Gasteiger partial charge in [-0.25, -0.2) is 0 Å². The van der Waals surface area contributed by atoms with E-state index in [0.29, 0.717) is 0 Å². The highest BCUT2D eigenvalue weighted by Crippen LogP contribution is 2.22. The molecule has 1 aromatic carbocycles. The van der Waals surface area contributed by atoms with Crippen LogP contribution < -0.4 is 5.32 Å². The number of nitrogens with zero attached hydrogens (tertiary/aromatic N) is 2. The molecule has 1 fully saturated rings. The second-order valence-electron chi connectivity index (χ2n) is 6.11. The first-order valence-corrected chi connectivity index (χ1v) is 8.07. The predicted octanol–water partition coefficient (Wildman–Crippen LogP) is 3.20. The van der Waals surface area contributed by atoms with Crippen LogP contribution in [0.15, 0.2) is 36.7 Å². The molecule has 0 amide bonds. The lowest BCUT2D eigenvalue weighted by atomic mass is 10.1. The number of pyridine rings is 1. The Morgan fingerprint density at radius 3 is 2.95 bits per heavy atom. The third-order valence-corrected chi connectivity index (χ3v) is 4.68. The molecule has 1 heterocycles. The lowest BCUT2D eigenvalue weighted by Crippen LogP contribution is -2.35. The van der Waals surface area contributed by atoms with E-state index in [-0.39, 0.29) is 0 Å². The van der Waals surface area contributed by atoms with Crippen molar-refractivity contribution >= 4 is 10.8 Å². The van der Waals surface area contributed by atoms with Gasteiger partial charge in [-0.15, -0.1) is 0 Å². The molecule has 1 aromatic heterocycles. The van der Waals surface area contributed by atoms with Crippen LogP contribution >= 0.6 is 0 Å². The molecule has 112 valence electrons. The minimum Gasteiger partial charge on any atom is -0.311 e. The monoisotopic (exact) mass is 283 g/mol. The normalized spacial score (nSPS) is 16.1. The summed E-state index contributed by atoms with van der Waals surface area (Å²) in [5.74, 6) is 0. The maximum Gasteiger partial charge on any atom is 0.0346 e. The topological polar surface area (TPSA) is 28.2 Å². The number of nitrogens with one attached hydrogen (secondary N) is 1. The summed E-state index contributed by atoms with van der Waals surface area (Å²) in [5, 5.41) is 6.12. The molecule has 0 spiro atoms. The molecule has 3 rings (SSSR count). The zero-order valence-electron chi connectivity index (χ0n) is 12.9. The highest BCUT2D eigenvalue weighted by molar-refractivity contribution is 5.84. The lowest BCUT2D eigenvalue weighted by Gasteiger charge is -2.24. The van der Waals surface area contributed by atoms with E-state index in [4.69, 9.17) is 0 Å². The van der Waals surface area contributed by atoms with Crippen LogP contribution in [-0.2, 0) is 6.54 Å². The Morgan fingerprint density at radius 2 is 2.10 bits per heavy atom. The largest absolute Gasteiger partial charge is 0.311 e. The van der Waals surface area contributed by atoms with Gasteiger partial charge < -0.3 is 10.2 Å². The summed E-state index contributed by atoms with van der Waals surface area (Å²) in [4.78, 5) is 6.71. The fourth-order valence-electron chi connectivity index (χ4n) is 3.35. The van der Waals surface area contributed by atoms with Crippen LogP contribution in [0.1, 0.15) is 31.2 Å². The zero-order valence-corrected chi connectivity index (χ0v) is 12.9. The van der Waals surface area contributed by atoms with Gasteiger partial charge in [-0.3, -0.25) is 4.98 Å². The summed E-state index contributed by atoms with van der Waals surface area (Å²) in [5.41, 5.74) is 1.36. The second-order valence-corrected chi connectivity index (χ2v) is 6.11. The molecular weight excluding hydrogens is 258 g/mol. The van der Waals surface area contributed by atoms with Crippen LogP contribution in [0.3, 0.4) is 0 Å². The summed E-state index contributed by atoms with van der Waals surface area (Å²) in [6.45, 7) is 3.12. The van der Waals surface area contributed by atoms with Gasteiger partial charge in [0.25, 0.3) is 0 Å². The van der Waals surface area contributed by atoms with Crippen LogP contribution in [0.5, 0.6) is 0 Å². The van der Waals surface area contributed by atoms with Crippen molar-refractivity contribution in [3.8, 4) is 0 Å². The summed E-state index contributed by atoms with van der Waals surface area (Å²) in [6.07, 6.45) is 9.39. The molecule has 0 saturated heterocycles. The molecule has 1 saturated carbocycles. The summed E-state index contributed by atoms with van der Waals surface area (Å²) >= 11 is 0. The minimum atomic E-state index is 0.815. The molecule has 1 aliphatic rings. The van der Waals surface area contributed by atoms with E-state index in [0.717, 1.165) is 25.7 Å². The van der Waals surface area contributed by atoms with Crippen LogP contribution in [0.2, 0.25) is 0 Å². The Hall–Kier alpha value is -1.45. The van der Waals surface area contributed by atoms with Crippen molar-refractivity contribution in [2.24, 2.45) is 0 Å². The second kappa shape index (κ2) is 7.01. The third kappa shape index (κ3) is 3.60. The first-order chi connectivity index (χ1) is 10.3. The summed E-state index contributed by atoms with van der Waals surface area (Å²) in [7, 11) is 2.27. The van der Waals surface area contributed by atoms with E-state index in [2.05, 4.69) is 46.5 Å². The molecule has 21 heavy (non-hydrogen) atoms. The number of rotatable bonds is 6. The maximum atomic E-state index is 4.19. The highest BCUT2D eigenvalue weighted by atomic mass is 15.1. The fourth-order valence-corrected chi connectivity index (χ4v) is 3.35.